The molecule has 112 valence electrons. The van der Waals surface area contributed by atoms with Crippen LogP contribution in [0.4, 0.5) is 0 Å². The number of alkyl halides is 1. The van der Waals surface area contributed by atoms with Gasteiger partial charge in [-0.1, -0.05) is 6.92 Å². The Bertz CT molecular complexity index is 630. The highest BCUT2D eigenvalue weighted by molar-refractivity contribution is 6.17. The predicted molar refractivity (Wildman–Crippen MR) is 84.6 cm³/mol. The minimum Gasteiger partial charge on any atom is -0.381 e. The number of ether oxygens (including phenoxy) is 1. The van der Waals surface area contributed by atoms with Gasteiger partial charge in [-0.15, -0.1) is 11.6 Å². The Morgan fingerprint density at radius 1 is 1.38 bits per heavy atom. The largest absolute Gasteiger partial charge is 0.381 e. The number of fused-ring (bicyclic) bond motifs is 1. The van der Waals surface area contributed by atoms with Crippen molar-refractivity contribution >= 4 is 22.6 Å². The molecular formula is C16H20ClN3O. The van der Waals surface area contributed by atoms with E-state index in [4.69, 9.17) is 21.6 Å². The summed E-state index contributed by atoms with van der Waals surface area (Å²) < 4.78 is 7.69. The molecular weight excluding hydrogens is 286 g/mol. The van der Waals surface area contributed by atoms with Crippen molar-refractivity contribution < 1.29 is 4.74 Å². The van der Waals surface area contributed by atoms with Gasteiger partial charge in [0.15, 0.2) is 0 Å². The second-order valence-electron chi connectivity index (χ2n) is 4.90. The molecule has 1 aromatic carbocycles. The van der Waals surface area contributed by atoms with E-state index in [-0.39, 0.29) is 0 Å². The summed E-state index contributed by atoms with van der Waals surface area (Å²) in [4.78, 5) is 4.62. The van der Waals surface area contributed by atoms with Crippen LogP contribution in [-0.4, -0.2) is 28.6 Å². The third kappa shape index (κ3) is 3.96. The second kappa shape index (κ2) is 8.02. The van der Waals surface area contributed by atoms with Crippen molar-refractivity contribution in [1.29, 1.82) is 5.26 Å². The molecule has 0 aliphatic carbocycles. The van der Waals surface area contributed by atoms with Gasteiger partial charge in [-0.05, 0) is 31.0 Å². The average molecular weight is 306 g/mol. The minimum absolute atomic E-state index is 0.542. The molecule has 1 heterocycles. The van der Waals surface area contributed by atoms with Crippen molar-refractivity contribution in [1.82, 2.24) is 9.55 Å². The molecule has 0 radical (unpaired) electrons. The fourth-order valence-corrected chi connectivity index (χ4v) is 2.51. The molecule has 4 nitrogen and oxygen atoms in total. The molecule has 0 saturated carbocycles. The SMILES string of the molecule is CCCOCCCn1c(CCCl)nc2ccc(C#N)cc21. The molecule has 0 bridgehead atoms. The first kappa shape index (κ1) is 15.8. The average Bonchev–Trinajstić information content (AvgIpc) is 2.84. The summed E-state index contributed by atoms with van der Waals surface area (Å²) in [7, 11) is 0. The molecule has 1 aromatic heterocycles. The summed E-state index contributed by atoms with van der Waals surface area (Å²) in [5, 5.41) is 9.05. The first-order chi connectivity index (χ1) is 10.3. The van der Waals surface area contributed by atoms with Gasteiger partial charge < -0.3 is 9.30 Å². The van der Waals surface area contributed by atoms with E-state index in [2.05, 4.69) is 22.5 Å². The van der Waals surface area contributed by atoms with Crippen LogP contribution in [0.15, 0.2) is 18.2 Å². The summed E-state index contributed by atoms with van der Waals surface area (Å²) >= 11 is 5.87. The Hall–Kier alpha value is -1.57. The highest BCUT2D eigenvalue weighted by Gasteiger charge is 2.10. The van der Waals surface area contributed by atoms with Crippen LogP contribution in [0.3, 0.4) is 0 Å². The van der Waals surface area contributed by atoms with Crippen LogP contribution in [-0.2, 0) is 17.7 Å². The lowest BCUT2D eigenvalue weighted by Gasteiger charge is -2.09. The second-order valence-corrected chi connectivity index (χ2v) is 5.28. The van der Waals surface area contributed by atoms with Crippen molar-refractivity contribution in [3.63, 3.8) is 0 Å². The highest BCUT2D eigenvalue weighted by atomic mass is 35.5. The topological polar surface area (TPSA) is 50.8 Å². The Kier molecular flexibility index (Phi) is 6.04. The Balaban J connectivity index is 2.20. The van der Waals surface area contributed by atoms with Crippen molar-refractivity contribution in [3.05, 3.63) is 29.6 Å². The lowest BCUT2D eigenvalue weighted by molar-refractivity contribution is 0.129. The summed E-state index contributed by atoms with van der Waals surface area (Å²) in [6.45, 7) is 4.48. The Labute approximate surface area is 130 Å². The Morgan fingerprint density at radius 3 is 2.95 bits per heavy atom. The van der Waals surface area contributed by atoms with Crippen LogP contribution >= 0.6 is 11.6 Å². The summed E-state index contributed by atoms with van der Waals surface area (Å²) in [5.41, 5.74) is 2.58. The fraction of sp³-hybridized carbons (Fsp3) is 0.500. The first-order valence-electron chi connectivity index (χ1n) is 7.33. The normalized spacial score (nSPS) is 10.9. The zero-order valence-corrected chi connectivity index (χ0v) is 13.1. The van der Waals surface area contributed by atoms with Crippen molar-refractivity contribution in [3.8, 4) is 6.07 Å². The summed E-state index contributed by atoms with van der Waals surface area (Å²) in [5.74, 6) is 1.52. The van der Waals surface area contributed by atoms with E-state index in [0.29, 0.717) is 11.4 Å². The van der Waals surface area contributed by atoms with Crippen LogP contribution in [0.1, 0.15) is 31.2 Å². The molecule has 0 amide bonds. The molecule has 0 unspecified atom stereocenters. The summed E-state index contributed by atoms with van der Waals surface area (Å²) in [6, 6.07) is 7.77. The van der Waals surface area contributed by atoms with E-state index >= 15 is 0 Å². The minimum atomic E-state index is 0.542. The predicted octanol–water partition coefficient (Wildman–Crippen LogP) is 3.51. The number of aryl methyl sites for hydroxylation is 2. The molecule has 5 heteroatoms. The standard InChI is InChI=1S/C16H20ClN3O/c1-2-9-21-10-3-8-20-15-11-13(12-18)4-5-14(15)19-16(20)6-7-17/h4-5,11H,2-3,6-10H2,1H3. The zero-order valence-electron chi connectivity index (χ0n) is 12.3. The van der Waals surface area contributed by atoms with Crippen LogP contribution in [0.25, 0.3) is 11.0 Å². The van der Waals surface area contributed by atoms with E-state index in [1.807, 2.05) is 12.1 Å². The number of aromatic nitrogens is 2. The maximum absolute atomic E-state index is 9.05. The van der Waals surface area contributed by atoms with Gasteiger partial charge >= 0.3 is 0 Å². The maximum Gasteiger partial charge on any atom is 0.111 e. The number of rotatable bonds is 8. The van der Waals surface area contributed by atoms with E-state index < -0.39 is 0 Å². The number of halogens is 1. The van der Waals surface area contributed by atoms with E-state index in [0.717, 1.165) is 55.9 Å². The molecule has 21 heavy (non-hydrogen) atoms. The molecule has 0 spiro atoms. The first-order valence-corrected chi connectivity index (χ1v) is 7.86. The smallest absolute Gasteiger partial charge is 0.111 e. The monoisotopic (exact) mass is 305 g/mol. The molecule has 0 aliphatic rings. The molecule has 0 N–H and O–H groups in total. The van der Waals surface area contributed by atoms with Crippen LogP contribution in [0, 0.1) is 11.3 Å². The molecule has 0 aliphatic heterocycles. The lowest BCUT2D eigenvalue weighted by Crippen LogP contribution is -2.07. The Morgan fingerprint density at radius 2 is 2.24 bits per heavy atom. The molecule has 0 fully saturated rings. The fourth-order valence-electron chi connectivity index (χ4n) is 2.34. The quantitative estimate of drug-likeness (QED) is 0.554. The highest BCUT2D eigenvalue weighted by Crippen LogP contribution is 2.19. The van der Waals surface area contributed by atoms with Gasteiger partial charge in [0.1, 0.15) is 5.82 Å². The lowest BCUT2D eigenvalue weighted by atomic mass is 10.2. The molecule has 0 atom stereocenters. The third-order valence-corrected chi connectivity index (χ3v) is 3.48. The number of hydrogen-bond acceptors (Lipinski definition) is 3. The van der Waals surface area contributed by atoms with E-state index in [9.17, 15) is 0 Å². The maximum atomic E-state index is 9.05. The van der Waals surface area contributed by atoms with Crippen molar-refractivity contribution in [2.45, 2.75) is 32.7 Å². The van der Waals surface area contributed by atoms with Crippen molar-refractivity contribution in [2.24, 2.45) is 0 Å². The number of nitriles is 1. The van der Waals surface area contributed by atoms with Crippen molar-refractivity contribution in [2.75, 3.05) is 19.1 Å². The van der Waals surface area contributed by atoms with Crippen LogP contribution < -0.4 is 0 Å². The number of hydrogen-bond donors (Lipinski definition) is 0. The van der Waals surface area contributed by atoms with Gasteiger partial charge in [-0.25, -0.2) is 4.98 Å². The van der Waals surface area contributed by atoms with Gasteiger partial charge in [-0.3, -0.25) is 0 Å². The van der Waals surface area contributed by atoms with Gasteiger partial charge in [-0.2, -0.15) is 5.26 Å². The zero-order chi connectivity index (χ0) is 15.1. The third-order valence-electron chi connectivity index (χ3n) is 3.29. The van der Waals surface area contributed by atoms with E-state index in [1.54, 1.807) is 6.07 Å². The number of benzene rings is 1. The van der Waals surface area contributed by atoms with Gasteiger partial charge in [0.2, 0.25) is 0 Å². The van der Waals surface area contributed by atoms with Crippen LogP contribution in [0.5, 0.6) is 0 Å². The molecule has 2 aromatic rings. The molecule has 2 rings (SSSR count). The van der Waals surface area contributed by atoms with E-state index in [1.165, 1.54) is 0 Å². The molecule has 0 saturated heterocycles. The number of imidazole rings is 1. The van der Waals surface area contributed by atoms with Crippen LogP contribution in [0.2, 0.25) is 0 Å². The van der Waals surface area contributed by atoms with Gasteiger partial charge in [0.05, 0.1) is 22.7 Å². The summed E-state index contributed by atoms with van der Waals surface area (Å²) in [6.07, 6.45) is 2.70. The van der Waals surface area contributed by atoms with Gasteiger partial charge in [0, 0.05) is 32.1 Å². The van der Waals surface area contributed by atoms with Gasteiger partial charge in [0.25, 0.3) is 0 Å². The number of nitrogens with zero attached hydrogens (tertiary/aromatic N) is 3.